The molecule has 1 aliphatic carbocycles. The summed E-state index contributed by atoms with van der Waals surface area (Å²) in [4.78, 5) is 10.6. The lowest BCUT2D eigenvalue weighted by molar-refractivity contribution is -0.125. The van der Waals surface area contributed by atoms with Crippen molar-refractivity contribution >= 4 is 6.29 Å². The number of halogens is 1. The molecule has 0 spiro atoms. The van der Waals surface area contributed by atoms with Crippen molar-refractivity contribution in [3.63, 3.8) is 0 Å². The first-order valence-electron chi connectivity index (χ1n) is 4.59. The molecule has 1 aliphatic rings. The van der Waals surface area contributed by atoms with E-state index >= 15 is 0 Å². The molecule has 74 valence electrons. The Balaban J connectivity index is 2.36. The first kappa shape index (κ1) is 9.34. The number of fused-ring (bicyclic) bond motifs is 1. The van der Waals surface area contributed by atoms with Crippen LogP contribution >= 0.6 is 0 Å². The summed E-state index contributed by atoms with van der Waals surface area (Å²) < 4.78 is 12.8. The Labute approximate surface area is 81.4 Å². The third-order valence-electron chi connectivity index (χ3n) is 2.71. The van der Waals surface area contributed by atoms with Crippen molar-refractivity contribution in [1.29, 1.82) is 0 Å². The Hall–Kier alpha value is -1.22. The summed E-state index contributed by atoms with van der Waals surface area (Å²) in [6.45, 7) is 0. The Bertz CT molecular complexity index is 376. The maximum absolute atomic E-state index is 12.8. The highest BCUT2D eigenvalue weighted by atomic mass is 19.1. The van der Waals surface area contributed by atoms with Gasteiger partial charge in [-0.05, 0) is 36.1 Å². The number of aliphatic hydroxyl groups is 1. The monoisotopic (exact) mass is 194 g/mol. The van der Waals surface area contributed by atoms with Gasteiger partial charge >= 0.3 is 0 Å². The van der Waals surface area contributed by atoms with Crippen LogP contribution in [0.3, 0.4) is 0 Å². The number of benzene rings is 1. The third-order valence-corrected chi connectivity index (χ3v) is 2.71. The molecular formula is C11H11FO2. The van der Waals surface area contributed by atoms with Gasteiger partial charge in [0, 0.05) is 6.42 Å². The molecule has 1 aromatic rings. The van der Waals surface area contributed by atoms with Gasteiger partial charge in [-0.2, -0.15) is 0 Å². The molecule has 0 saturated carbocycles. The van der Waals surface area contributed by atoms with E-state index in [1.165, 1.54) is 12.1 Å². The van der Waals surface area contributed by atoms with Gasteiger partial charge in [0.15, 0.2) is 6.29 Å². The van der Waals surface area contributed by atoms with Crippen LogP contribution in [0.5, 0.6) is 0 Å². The molecule has 1 aromatic carbocycles. The SMILES string of the molecule is O=CC1(O)CCc2cc(F)ccc2C1. The van der Waals surface area contributed by atoms with Crippen molar-refractivity contribution in [2.45, 2.75) is 24.9 Å². The molecule has 1 N–H and O–H groups in total. The Kier molecular flexibility index (Phi) is 2.11. The van der Waals surface area contributed by atoms with Gasteiger partial charge in [0.1, 0.15) is 11.4 Å². The van der Waals surface area contributed by atoms with Crippen LogP contribution in [-0.4, -0.2) is 17.0 Å². The average molecular weight is 194 g/mol. The summed E-state index contributed by atoms with van der Waals surface area (Å²) in [5.41, 5.74) is 0.522. The summed E-state index contributed by atoms with van der Waals surface area (Å²) in [5.74, 6) is -0.264. The van der Waals surface area contributed by atoms with Crippen molar-refractivity contribution in [2.75, 3.05) is 0 Å². The first-order valence-corrected chi connectivity index (χ1v) is 4.59. The maximum Gasteiger partial charge on any atom is 0.151 e. The van der Waals surface area contributed by atoms with Crippen LogP contribution < -0.4 is 0 Å². The molecule has 2 rings (SSSR count). The zero-order valence-corrected chi connectivity index (χ0v) is 7.66. The van der Waals surface area contributed by atoms with Crippen molar-refractivity contribution in [3.05, 3.63) is 35.1 Å². The van der Waals surface area contributed by atoms with E-state index in [1.807, 2.05) is 0 Å². The molecule has 14 heavy (non-hydrogen) atoms. The quantitative estimate of drug-likeness (QED) is 0.683. The lowest BCUT2D eigenvalue weighted by Crippen LogP contribution is -2.37. The number of aldehydes is 1. The molecule has 0 aliphatic heterocycles. The third kappa shape index (κ3) is 1.55. The Morgan fingerprint density at radius 2 is 2.21 bits per heavy atom. The normalized spacial score (nSPS) is 25.6. The van der Waals surface area contributed by atoms with E-state index in [2.05, 4.69) is 0 Å². The molecule has 1 unspecified atom stereocenters. The highest BCUT2D eigenvalue weighted by molar-refractivity contribution is 5.64. The smallest absolute Gasteiger partial charge is 0.151 e. The minimum Gasteiger partial charge on any atom is -0.382 e. The Morgan fingerprint density at radius 1 is 1.43 bits per heavy atom. The molecule has 0 bridgehead atoms. The fourth-order valence-corrected chi connectivity index (χ4v) is 1.87. The molecule has 0 amide bonds. The summed E-state index contributed by atoms with van der Waals surface area (Å²) in [6, 6.07) is 4.47. The molecule has 3 heteroatoms. The van der Waals surface area contributed by atoms with E-state index in [4.69, 9.17) is 0 Å². The number of carbonyl (C=O) groups excluding carboxylic acids is 1. The molecule has 0 saturated heterocycles. The van der Waals surface area contributed by atoms with Gasteiger partial charge in [-0.25, -0.2) is 4.39 Å². The second-order valence-corrected chi connectivity index (χ2v) is 3.81. The first-order chi connectivity index (χ1) is 6.63. The summed E-state index contributed by atoms with van der Waals surface area (Å²) in [6.07, 6.45) is 1.82. The molecular weight excluding hydrogens is 183 g/mol. The van der Waals surface area contributed by atoms with Crippen molar-refractivity contribution < 1.29 is 14.3 Å². The second kappa shape index (κ2) is 3.17. The lowest BCUT2D eigenvalue weighted by atomic mass is 9.81. The van der Waals surface area contributed by atoms with Gasteiger partial charge in [0.2, 0.25) is 0 Å². The highest BCUT2D eigenvalue weighted by Gasteiger charge is 2.31. The van der Waals surface area contributed by atoms with Gasteiger partial charge in [-0.15, -0.1) is 0 Å². The molecule has 0 radical (unpaired) electrons. The van der Waals surface area contributed by atoms with E-state index in [9.17, 15) is 14.3 Å². The number of aryl methyl sites for hydroxylation is 1. The molecule has 2 nitrogen and oxygen atoms in total. The largest absolute Gasteiger partial charge is 0.382 e. The molecule has 0 heterocycles. The molecule has 0 aromatic heterocycles. The van der Waals surface area contributed by atoms with Crippen molar-refractivity contribution in [1.82, 2.24) is 0 Å². The number of rotatable bonds is 1. The van der Waals surface area contributed by atoms with Crippen molar-refractivity contribution in [2.24, 2.45) is 0 Å². The van der Waals surface area contributed by atoms with Crippen LogP contribution in [-0.2, 0) is 17.6 Å². The predicted molar refractivity (Wildman–Crippen MR) is 49.4 cm³/mol. The number of hydrogen-bond acceptors (Lipinski definition) is 2. The summed E-state index contributed by atoms with van der Waals surface area (Å²) in [7, 11) is 0. The van der Waals surface area contributed by atoms with Gasteiger partial charge in [0.25, 0.3) is 0 Å². The van der Waals surface area contributed by atoms with Gasteiger partial charge in [0.05, 0.1) is 0 Å². The van der Waals surface area contributed by atoms with Crippen LogP contribution in [0.15, 0.2) is 18.2 Å². The minimum absolute atomic E-state index is 0.264. The number of hydrogen-bond donors (Lipinski definition) is 1. The van der Waals surface area contributed by atoms with E-state index < -0.39 is 5.60 Å². The van der Waals surface area contributed by atoms with Gasteiger partial charge in [-0.3, -0.25) is 0 Å². The predicted octanol–water partition coefficient (Wildman–Crippen LogP) is 1.24. The van der Waals surface area contributed by atoms with Crippen LogP contribution in [0.25, 0.3) is 0 Å². The standard InChI is InChI=1S/C11H11FO2/c12-10-2-1-9-6-11(14,7-13)4-3-8(9)5-10/h1-2,5,7,14H,3-4,6H2. The summed E-state index contributed by atoms with van der Waals surface area (Å²) in [5, 5.41) is 9.73. The minimum atomic E-state index is -1.25. The van der Waals surface area contributed by atoms with Crippen LogP contribution in [0, 0.1) is 5.82 Å². The number of carbonyl (C=O) groups is 1. The van der Waals surface area contributed by atoms with E-state index in [0.29, 0.717) is 25.5 Å². The van der Waals surface area contributed by atoms with Crippen molar-refractivity contribution in [3.8, 4) is 0 Å². The zero-order valence-electron chi connectivity index (χ0n) is 7.66. The summed E-state index contributed by atoms with van der Waals surface area (Å²) >= 11 is 0. The average Bonchev–Trinajstić information content (AvgIpc) is 2.19. The van der Waals surface area contributed by atoms with E-state index in [-0.39, 0.29) is 5.82 Å². The highest BCUT2D eigenvalue weighted by Crippen LogP contribution is 2.27. The zero-order chi connectivity index (χ0) is 10.2. The Morgan fingerprint density at radius 3 is 2.93 bits per heavy atom. The van der Waals surface area contributed by atoms with Gasteiger partial charge in [-0.1, -0.05) is 6.07 Å². The van der Waals surface area contributed by atoms with Gasteiger partial charge < -0.3 is 9.90 Å². The second-order valence-electron chi connectivity index (χ2n) is 3.81. The van der Waals surface area contributed by atoms with E-state index in [0.717, 1.165) is 11.1 Å². The van der Waals surface area contributed by atoms with Crippen LogP contribution in [0.4, 0.5) is 4.39 Å². The van der Waals surface area contributed by atoms with Crippen LogP contribution in [0.2, 0.25) is 0 Å². The fourth-order valence-electron chi connectivity index (χ4n) is 1.87. The maximum atomic E-state index is 12.8. The topological polar surface area (TPSA) is 37.3 Å². The molecule has 0 fully saturated rings. The lowest BCUT2D eigenvalue weighted by Gasteiger charge is -2.28. The molecule has 1 atom stereocenters. The van der Waals surface area contributed by atoms with Crippen LogP contribution in [0.1, 0.15) is 17.5 Å². The van der Waals surface area contributed by atoms with E-state index in [1.54, 1.807) is 6.07 Å². The fraction of sp³-hybridized carbons (Fsp3) is 0.364.